The van der Waals surface area contributed by atoms with E-state index in [0.29, 0.717) is 18.5 Å². The van der Waals surface area contributed by atoms with Gasteiger partial charge in [0.05, 0.1) is 0 Å². The van der Waals surface area contributed by atoms with Crippen molar-refractivity contribution in [1.82, 2.24) is 0 Å². The maximum absolute atomic E-state index is 10.4. The first-order valence-electron chi connectivity index (χ1n) is 4.42. The smallest absolute Gasteiger partial charge is 0.320 e. The number of carboxylic acid groups (broad SMARTS) is 1. The predicted molar refractivity (Wildman–Crippen MR) is 54.8 cm³/mol. The third-order valence-electron chi connectivity index (χ3n) is 2.04. The molecule has 0 fully saturated rings. The van der Waals surface area contributed by atoms with Crippen LogP contribution in [-0.4, -0.2) is 17.1 Å². The molecule has 0 amide bonds. The highest BCUT2D eigenvalue weighted by molar-refractivity contribution is 5.73. The minimum atomic E-state index is -0.958. The zero-order valence-electron chi connectivity index (χ0n) is 7.81. The van der Waals surface area contributed by atoms with E-state index in [9.17, 15) is 4.79 Å². The summed E-state index contributed by atoms with van der Waals surface area (Å²) >= 11 is 0. The van der Waals surface area contributed by atoms with Crippen LogP contribution in [0.4, 0.5) is 5.69 Å². The first kappa shape index (κ1) is 10.5. The highest BCUT2D eigenvalue weighted by Gasteiger charge is 2.10. The Morgan fingerprint density at radius 3 is 2.43 bits per heavy atom. The monoisotopic (exact) mass is 194 g/mol. The molecule has 1 aromatic carbocycles. The summed E-state index contributed by atoms with van der Waals surface area (Å²) in [6.45, 7) is 0. The van der Waals surface area contributed by atoms with Crippen LogP contribution < -0.4 is 11.5 Å². The van der Waals surface area contributed by atoms with Crippen molar-refractivity contribution >= 4 is 11.7 Å². The lowest BCUT2D eigenvalue weighted by molar-refractivity contribution is -0.138. The number of carboxylic acids is 1. The van der Waals surface area contributed by atoms with Crippen LogP contribution in [0.1, 0.15) is 12.0 Å². The van der Waals surface area contributed by atoms with Crippen molar-refractivity contribution in [3.63, 3.8) is 0 Å². The number of aryl methyl sites for hydroxylation is 1. The number of hydrogen-bond acceptors (Lipinski definition) is 3. The van der Waals surface area contributed by atoms with Gasteiger partial charge in [-0.3, -0.25) is 4.79 Å². The van der Waals surface area contributed by atoms with Crippen LogP contribution in [0, 0.1) is 0 Å². The van der Waals surface area contributed by atoms with Crippen LogP contribution in [0.5, 0.6) is 0 Å². The predicted octanol–water partition coefficient (Wildman–Crippen LogP) is 0.613. The van der Waals surface area contributed by atoms with Crippen LogP contribution >= 0.6 is 0 Å². The Hall–Kier alpha value is -1.55. The maximum atomic E-state index is 10.4. The number of aliphatic carboxylic acids is 1. The van der Waals surface area contributed by atoms with Crippen molar-refractivity contribution < 1.29 is 9.90 Å². The van der Waals surface area contributed by atoms with Gasteiger partial charge >= 0.3 is 5.97 Å². The Balaban J connectivity index is 2.46. The minimum absolute atomic E-state index is 0.444. The third kappa shape index (κ3) is 3.06. The Labute approximate surface area is 82.5 Å². The number of hydrogen-bond donors (Lipinski definition) is 3. The van der Waals surface area contributed by atoms with E-state index in [1.165, 1.54) is 0 Å². The highest BCUT2D eigenvalue weighted by Crippen LogP contribution is 2.08. The number of rotatable bonds is 4. The van der Waals surface area contributed by atoms with Gasteiger partial charge in [-0.2, -0.15) is 0 Å². The molecule has 1 rings (SSSR count). The molecule has 0 aliphatic carbocycles. The molecule has 0 bridgehead atoms. The Morgan fingerprint density at radius 1 is 1.36 bits per heavy atom. The van der Waals surface area contributed by atoms with Gasteiger partial charge < -0.3 is 16.6 Å². The number of nitrogen functional groups attached to an aromatic ring is 1. The second-order valence-electron chi connectivity index (χ2n) is 3.22. The van der Waals surface area contributed by atoms with E-state index in [-0.39, 0.29) is 0 Å². The van der Waals surface area contributed by atoms with Crippen molar-refractivity contribution in [2.75, 3.05) is 5.73 Å². The van der Waals surface area contributed by atoms with Crippen LogP contribution in [0.2, 0.25) is 0 Å². The third-order valence-corrected chi connectivity index (χ3v) is 2.04. The van der Waals surface area contributed by atoms with Gasteiger partial charge in [0, 0.05) is 5.69 Å². The summed E-state index contributed by atoms with van der Waals surface area (Å²) in [4.78, 5) is 10.4. The summed E-state index contributed by atoms with van der Waals surface area (Å²) in [5, 5.41) is 8.56. The van der Waals surface area contributed by atoms with Gasteiger partial charge in [-0.15, -0.1) is 0 Å². The Kier molecular flexibility index (Phi) is 3.48. The molecule has 0 aromatic heterocycles. The molecule has 1 aromatic rings. The van der Waals surface area contributed by atoms with E-state index < -0.39 is 12.0 Å². The summed E-state index contributed by atoms with van der Waals surface area (Å²) in [7, 11) is 0. The topological polar surface area (TPSA) is 89.3 Å². The molecular weight excluding hydrogens is 180 g/mol. The fraction of sp³-hybridized carbons (Fsp3) is 0.300. The van der Waals surface area contributed by atoms with E-state index in [1.807, 2.05) is 12.1 Å². The molecule has 0 saturated carbocycles. The first-order valence-corrected chi connectivity index (χ1v) is 4.42. The van der Waals surface area contributed by atoms with Crippen LogP contribution in [0.3, 0.4) is 0 Å². The van der Waals surface area contributed by atoms with Crippen molar-refractivity contribution in [3.8, 4) is 0 Å². The SMILES string of the molecule is Nc1ccc(CC[C@@H](N)C(=O)O)cc1. The second-order valence-corrected chi connectivity index (χ2v) is 3.22. The summed E-state index contributed by atoms with van der Waals surface area (Å²) in [5.74, 6) is -0.958. The average Bonchev–Trinajstić information content (AvgIpc) is 2.16. The Morgan fingerprint density at radius 2 is 1.93 bits per heavy atom. The molecule has 1 atom stereocenters. The molecule has 0 heterocycles. The standard InChI is InChI=1S/C10H14N2O2/c11-8-4-1-7(2-5-8)3-6-9(12)10(13)14/h1-2,4-5,9H,3,6,11-12H2,(H,13,14)/t9-/m1/s1. The number of benzene rings is 1. The van der Waals surface area contributed by atoms with Gasteiger partial charge in [-0.05, 0) is 30.5 Å². The minimum Gasteiger partial charge on any atom is -0.480 e. The summed E-state index contributed by atoms with van der Waals surface area (Å²) in [5.41, 5.74) is 12.6. The van der Waals surface area contributed by atoms with Gasteiger partial charge in [0.1, 0.15) is 6.04 Å². The number of nitrogens with two attached hydrogens (primary N) is 2. The average molecular weight is 194 g/mol. The highest BCUT2D eigenvalue weighted by atomic mass is 16.4. The molecule has 4 heteroatoms. The maximum Gasteiger partial charge on any atom is 0.320 e. The molecule has 0 spiro atoms. The number of anilines is 1. The number of carbonyl (C=O) groups is 1. The molecule has 0 unspecified atom stereocenters. The largest absolute Gasteiger partial charge is 0.480 e. The van der Waals surface area contributed by atoms with Gasteiger partial charge in [0.15, 0.2) is 0 Å². The fourth-order valence-electron chi connectivity index (χ4n) is 1.13. The molecule has 76 valence electrons. The van der Waals surface area contributed by atoms with Crippen molar-refractivity contribution in [2.45, 2.75) is 18.9 Å². The zero-order chi connectivity index (χ0) is 10.6. The summed E-state index contributed by atoms with van der Waals surface area (Å²) < 4.78 is 0. The normalized spacial score (nSPS) is 12.4. The van der Waals surface area contributed by atoms with Crippen molar-refractivity contribution in [1.29, 1.82) is 0 Å². The lowest BCUT2D eigenvalue weighted by Gasteiger charge is -2.05. The molecule has 0 radical (unpaired) electrons. The molecule has 0 aliphatic rings. The van der Waals surface area contributed by atoms with Gasteiger partial charge in [-0.25, -0.2) is 0 Å². The van der Waals surface area contributed by atoms with Gasteiger partial charge in [0.2, 0.25) is 0 Å². The lowest BCUT2D eigenvalue weighted by Crippen LogP contribution is -2.30. The van der Waals surface area contributed by atoms with Gasteiger partial charge in [0.25, 0.3) is 0 Å². The molecule has 0 saturated heterocycles. The molecule has 0 aliphatic heterocycles. The molecule has 4 nitrogen and oxygen atoms in total. The van der Waals surface area contributed by atoms with Crippen molar-refractivity contribution in [3.05, 3.63) is 29.8 Å². The molecular formula is C10H14N2O2. The van der Waals surface area contributed by atoms with E-state index in [1.54, 1.807) is 12.1 Å². The Bertz CT molecular complexity index is 308. The van der Waals surface area contributed by atoms with Crippen LogP contribution in [0.25, 0.3) is 0 Å². The second kappa shape index (κ2) is 4.62. The zero-order valence-corrected chi connectivity index (χ0v) is 7.81. The first-order chi connectivity index (χ1) is 6.59. The van der Waals surface area contributed by atoms with E-state index >= 15 is 0 Å². The van der Waals surface area contributed by atoms with E-state index in [2.05, 4.69) is 0 Å². The van der Waals surface area contributed by atoms with Crippen LogP contribution in [0.15, 0.2) is 24.3 Å². The summed E-state index contributed by atoms with van der Waals surface area (Å²) in [6.07, 6.45) is 1.10. The summed E-state index contributed by atoms with van der Waals surface area (Å²) in [6, 6.07) is 6.56. The van der Waals surface area contributed by atoms with Gasteiger partial charge in [-0.1, -0.05) is 12.1 Å². The fourth-order valence-corrected chi connectivity index (χ4v) is 1.13. The quantitative estimate of drug-likeness (QED) is 0.613. The van der Waals surface area contributed by atoms with E-state index in [4.69, 9.17) is 16.6 Å². The van der Waals surface area contributed by atoms with E-state index in [0.717, 1.165) is 5.56 Å². The van der Waals surface area contributed by atoms with Crippen molar-refractivity contribution in [2.24, 2.45) is 5.73 Å². The van der Waals surface area contributed by atoms with Crippen LogP contribution in [-0.2, 0) is 11.2 Å². The lowest BCUT2D eigenvalue weighted by atomic mass is 10.1. The molecule has 5 N–H and O–H groups in total. The molecule has 14 heavy (non-hydrogen) atoms.